The minimum Gasteiger partial charge on any atom is -0.396 e. The van der Waals surface area contributed by atoms with Crippen LogP contribution in [0, 0.1) is 18.6 Å². The summed E-state index contributed by atoms with van der Waals surface area (Å²) >= 11 is 0. The van der Waals surface area contributed by atoms with Gasteiger partial charge in [-0.05, 0) is 30.2 Å². The van der Waals surface area contributed by atoms with Crippen molar-refractivity contribution < 1.29 is 8.78 Å². The Hall–Kier alpha value is -1.90. The van der Waals surface area contributed by atoms with Crippen molar-refractivity contribution in [2.45, 2.75) is 6.92 Å². The van der Waals surface area contributed by atoms with Crippen LogP contribution in [-0.4, -0.2) is 0 Å². The average molecular weight is 219 g/mol. The van der Waals surface area contributed by atoms with Crippen molar-refractivity contribution in [2.24, 2.45) is 0 Å². The molecule has 0 amide bonds. The van der Waals surface area contributed by atoms with Crippen molar-refractivity contribution in [2.75, 3.05) is 5.73 Å². The molecule has 0 radical (unpaired) electrons. The zero-order valence-electron chi connectivity index (χ0n) is 8.80. The Morgan fingerprint density at radius 3 is 2.19 bits per heavy atom. The zero-order chi connectivity index (χ0) is 11.7. The molecule has 2 aromatic rings. The lowest BCUT2D eigenvalue weighted by Gasteiger charge is -2.08. The monoisotopic (exact) mass is 219 g/mol. The van der Waals surface area contributed by atoms with E-state index in [1.165, 1.54) is 24.3 Å². The quantitative estimate of drug-likeness (QED) is 0.729. The summed E-state index contributed by atoms with van der Waals surface area (Å²) in [6.07, 6.45) is 0. The number of aryl methyl sites for hydroxylation is 1. The summed E-state index contributed by atoms with van der Waals surface area (Å²) in [6.45, 7) is 1.74. The lowest BCUT2D eigenvalue weighted by atomic mass is 10.0. The van der Waals surface area contributed by atoms with Crippen LogP contribution in [0.3, 0.4) is 0 Å². The van der Waals surface area contributed by atoms with Gasteiger partial charge in [-0.3, -0.25) is 0 Å². The highest BCUT2D eigenvalue weighted by atomic mass is 19.1. The van der Waals surface area contributed by atoms with Gasteiger partial charge in [-0.15, -0.1) is 0 Å². The van der Waals surface area contributed by atoms with E-state index in [4.69, 9.17) is 5.73 Å². The summed E-state index contributed by atoms with van der Waals surface area (Å²) in [5.74, 6) is -0.796. The van der Waals surface area contributed by atoms with Crippen LogP contribution in [0.25, 0.3) is 11.1 Å². The van der Waals surface area contributed by atoms with Crippen molar-refractivity contribution in [1.29, 1.82) is 0 Å². The Morgan fingerprint density at radius 1 is 0.938 bits per heavy atom. The van der Waals surface area contributed by atoms with Gasteiger partial charge in [0.2, 0.25) is 0 Å². The van der Waals surface area contributed by atoms with Gasteiger partial charge < -0.3 is 5.73 Å². The van der Waals surface area contributed by atoms with Crippen LogP contribution in [0.5, 0.6) is 0 Å². The molecule has 0 aliphatic rings. The molecule has 0 bridgehead atoms. The molecule has 82 valence electrons. The fourth-order valence-electron chi connectivity index (χ4n) is 1.54. The molecule has 2 aromatic carbocycles. The molecule has 0 aliphatic heterocycles. The van der Waals surface area contributed by atoms with E-state index in [2.05, 4.69) is 0 Å². The van der Waals surface area contributed by atoms with Gasteiger partial charge >= 0.3 is 0 Å². The molecule has 0 aromatic heterocycles. The summed E-state index contributed by atoms with van der Waals surface area (Å²) < 4.78 is 26.6. The zero-order valence-corrected chi connectivity index (χ0v) is 8.80. The molecule has 1 nitrogen and oxygen atoms in total. The van der Waals surface area contributed by atoms with Crippen LogP contribution in [-0.2, 0) is 0 Å². The largest absolute Gasteiger partial charge is 0.396 e. The summed E-state index contributed by atoms with van der Waals surface area (Å²) in [5.41, 5.74) is 7.45. The summed E-state index contributed by atoms with van der Waals surface area (Å²) in [4.78, 5) is 0. The Kier molecular flexibility index (Phi) is 2.60. The Morgan fingerprint density at radius 2 is 1.56 bits per heavy atom. The topological polar surface area (TPSA) is 26.0 Å². The van der Waals surface area contributed by atoms with Crippen molar-refractivity contribution >= 4 is 5.69 Å². The number of hydrogen-bond acceptors (Lipinski definition) is 1. The van der Waals surface area contributed by atoms with Crippen molar-refractivity contribution in [3.05, 3.63) is 53.6 Å². The minimum absolute atomic E-state index is 0.141. The molecular weight excluding hydrogens is 208 g/mol. The van der Waals surface area contributed by atoms with Crippen molar-refractivity contribution in [3.63, 3.8) is 0 Å². The third-order valence-corrected chi connectivity index (χ3v) is 2.55. The van der Waals surface area contributed by atoms with E-state index in [0.29, 0.717) is 16.7 Å². The van der Waals surface area contributed by atoms with Gasteiger partial charge in [-0.1, -0.05) is 24.3 Å². The predicted molar refractivity (Wildman–Crippen MR) is 60.9 cm³/mol. The smallest absolute Gasteiger partial charge is 0.154 e. The van der Waals surface area contributed by atoms with Crippen LogP contribution in [0.4, 0.5) is 14.5 Å². The lowest BCUT2D eigenvalue weighted by molar-refractivity contribution is 0.626. The maximum absolute atomic E-state index is 13.8. The van der Waals surface area contributed by atoms with E-state index in [9.17, 15) is 8.78 Å². The van der Waals surface area contributed by atoms with Crippen LogP contribution >= 0.6 is 0 Å². The molecule has 0 spiro atoms. The fourth-order valence-corrected chi connectivity index (χ4v) is 1.54. The Balaban J connectivity index is 2.57. The first-order valence-electron chi connectivity index (χ1n) is 4.90. The molecule has 0 saturated heterocycles. The molecule has 0 aliphatic carbocycles. The molecule has 0 unspecified atom stereocenters. The van der Waals surface area contributed by atoms with E-state index in [0.717, 1.165) is 0 Å². The molecule has 0 heterocycles. The molecular formula is C13H11F2N. The molecule has 2 N–H and O–H groups in total. The highest BCUT2D eigenvalue weighted by molar-refractivity contribution is 5.70. The first-order valence-corrected chi connectivity index (χ1v) is 4.90. The Bertz CT molecular complexity index is 518. The second-order valence-electron chi connectivity index (χ2n) is 3.66. The average Bonchev–Trinajstić information content (AvgIpc) is 2.28. The van der Waals surface area contributed by atoms with Gasteiger partial charge in [0.25, 0.3) is 0 Å². The summed E-state index contributed by atoms with van der Waals surface area (Å²) in [6, 6.07) is 9.05. The second-order valence-corrected chi connectivity index (χ2v) is 3.66. The standard InChI is InChI=1S/C13H11F2N/c1-8-2-7-11(12(15)13(8)16)9-3-5-10(14)6-4-9/h2-7H,16H2,1H3. The van der Waals surface area contributed by atoms with Gasteiger partial charge in [0.1, 0.15) is 5.82 Å². The van der Waals surface area contributed by atoms with Crippen molar-refractivity contribution in [3.8, 4) is 11.1 Å². The van der Waals surface area contributed by atoms with E-state index in [1.54, 1.807) is 19.1 Å². The third-order valence-electron chi connectivity index (χ3n) is 2.55. The van der Waals surface area contributed by atoms with Gasteiger partial charge in [-0.2, -0.15) is 0 Å². The summed E-state index contributed by atoms with van der Waals surface area (Å²) in [7, 11) is 0. The van der Waals surface area contributed by atoms with Crippen molar-refractivity contribution in [1.82, 2.24) is 0 Å². The number of benzene rings is 2. The van der Waals surface area contributed by atoms with Crippen LogP contribution < -0.4 is 5.73 Å². The SMILES string of the molecule is Cc1ccc(-c2ccc(F)cc2)c(F)c1N. The number of rotatable bonds is 1. The van der Waals surface area contributed by atoms with Crippen LogP contribution in [0.15, 0.2) is 36.4 Å². The van der Waals surface area contributed by atoms with Gasteiger partial charge in [0, 0.05) is 5.56 Å². The van der Waals surface area contributed by atoms with Gasteiger partial charge in [0.05, 0.1) is 5.69 Å². The minimum atomic E-state index is -0.452. The molecule has 0 atom stereocenters. The maximum Gasteiger partial charge on any atom is 0.154 e. The number of nitrogens with two attached hydrogens (primary N) is 1. The third kappa shape index (κ3) is 1.76. The van der Waals surface area contributed by atoms with Crippen LogP contribution in [0.2, 0.25) is 0 Å². The number of anilines is 1. The molecule has 0 fully saturated rings. The first-order chi connectivity index (χ1) is 7.59. The van der Waals surface area contributed by atoms with E-state index in [-0.39, 0.29) is 11.5 Å². The fraction of sp³-hybridized carbons (Fsp3) is 0.0769. The van der Waals surface area contributed by atoms with Gasteiger partial charge in [0.15, 0.2) is 5.82 Å². The highest BCUT2D eigenvalue weighted by Gasteiger charge is 2.09. The highest BCUT2D eigenvalue weighted by Crippen LogP contribution is 2.28. The Labute approximate surface area is 92.5 Å². The number of hydrogen-bond donors (Lipinski definition) is 1. The number of halogens is 2. The molecule has 3 heteroatoms. The van der Waals surface area contributed by atoms with E-state index < -0.39 is 5.82 Å². The number of nitrogen functional groups attached to an aromatic ring is 1. The normalized spacial score (nSPS) is 10.4. The predicted octanol–water partition coefficient (Wildman–Crippen LogP) is 3.52. The molecule has 16 heavy (non-hydrogen) atoms. The maximum atomic E-state index is 13.8. The van der Waals surface area contributed by atoms with Crippen LogP contribution in [0.1, 0.15) is 5.56 Å². The van der Waals surface area contributed by atoms with E-state index in [1.807, 2.05) is 0 Å². The summed E-state index contributed by atoms with van der Waals surface area (Å²) in [5, 5.41) is 0. The lowest BCUT2D eigenvalue weighted by Crippen LogP contribution is -1.96. The van der Waals surface area contributed by atoms with Gasteiger partial charge in [-0.25, -0.2) is 8.78 Å². The first kappa shape index (κ1) is 10.6. The molecule has 0 saturated carbocycles. The van der Waals surface area contributed by atoms with E-state index >= 15 is 0 Å². The molecule has 2 rings (SSSR count). The second kappa shape index (κ2) is 3.93.